The van der Waals surface area contributed by atoms with Gasteiger partial charge in [0, 0.05) is 18.5 Å². The highest BCUT2D eigenvalue weighted by Gasteiger charge is 2.42. The summed E-state index contributed by atoms with van der Waals surface area (Å²) >= 11 is 0. The van der Waals surface area contributed by atoms with Crippen LogP contribution in [0.4, 0.5) is 0 Å². The van der Waals surface area contributed by atoms with Crippen molar-refractivity contribution in [2.24, 2.45) is 5.73 Å². The molecule has 1 saturated heterocycles. The summed E-state index contributed by atoms with van der Waals surface area (Å²) in [5, 5.41) is 0. The van der Waals surface area contributed by atoms with Gasteiger partial charge in [-0.2, -0.15) is 0 Å². The maximum absolute atomic E-state index is 12.2. The van der Waals surface area contributed by atoms with Gasteiger partial charge >= 0.3 is 0 Å². The first-order valence-electron chi connectivity index (χ1n) is 6.89. The molecule has 18 heavy (non-hydrogen) atoms. The molecule has 1 aliphatic heterocycles. The summed E-state index contributed by atoms with van der Waals surface area (Å²) in [6, 6.07) is 10.7. The van der Waals surface area contributed by atoms with Crippen LogP contribution in [-0.4, -0.2) is 22.9 Å². The van der Waals surface area contributed by atoms with E-state index in [2.05, 4.69) is 17.0 Å². The lowest BCUT2D eigenvalue weighted by Crippen LogP contribution is -2.39. The summed E-state index contributed by atoms with van der Waals surface area (Å²) in [5.41, 5.74) is 7.38. The smallest absolute Gasteiger partial charge is 0.225 e. The van der Waals surface area contributed by atoms with Gasteiger partial charge in [-0.1, -0.05) is 43.2 Å². The lowest BCUT2D eigenvalue weighted by atomic mass is 9.99. The second-order valence-electron chi connectivity index (χ2n) is 5.46. The molecule has 2 aliphatic rings. The van der Waals surface area contributed by atoms with E-state index >= 15 is 0 Å². The third-order valence-electron chi connectivity index (χ3n) is 4.26. The zero-order chi connectivity index (χ0) is 12.5. The highest BCUT2D eigenvalue weighted by molar-refractivity contribution is 5.80. The average molecular weight is 244 g/mol. The van der Waals surface area contributed by atoms with Crippen molar-refractivity contribution in [3.05, 3.63) is 35.9 Å². The Morgan fingerprint density at radius 1 is 1.11 bits per heavy atom. The van der Waals surface area contributed by atoms with E-state index in [1.54, 1.807) is 0 Å². The predicted molar refractivity (Wildman–Crippen MR) is 70.9 cm³/mol. The first kappa shape index (κ1) is 11.7. The van der Waals surface area contributed by atoms with Crippen molar-refractivity contribution in [2.75, 3.05) is 0 Å². The minimum Gasteiger partial charge on any atom is -0.331 e. The summed E-state index contributed by atoms with van der Waals surface area (Å²) in [7, 11) is 0. The maximum Gasteiger partial charge on any atom is 0.225 e. The van der Waals surface area contributed by atoms with Crippen molar-refractivity contribution in [3.63, 3.8) is 0 Å². The van der Waals surface area contributed by atoms with Gasteiger partial charge in [-0.05, 0) is 18.4 Å². The van der Waals surface area contributed by atoms with Crippen LogP contribution in [0.1, 0.15) is 43.7 Å². The van der Waals surface area contributed by atoms with Crippen LogP contribution in [-0.2, 0) is 4.79 Å². The van der Waals surface area contributed by atoms with Gasteiger partial charge in [-0.3, -0.25) is 4.79 Å². The fraction of sp³-hybridized carbons (Fsp3) is 0.533. The molecule has 2 fully saturated rings. The zero-order valence-electron chi connectivity index (χ0n) is 10.6. The molecule has 1 amide bonds. The molecule has 3 heteroatoms. The Hall–Kier alpha value is -1.35. The summed E-state index contributed by atoms with van der Waals surface area (Å²) < 4.78 is 0. The van der Waals surface area contributed by atoms with Gasteiger partial charge in [0.25, 0.3) is 0 Å². The van der Waals surface area contributed by atoms with E-state index in [0.29, 0.717) is 12.5 Å². The van der Waals surface area contributed by atoms with Gasteiger partial charge in [0.05, 0.1) is 6.04 Å². The third kappa shape index (κ3) is 1.93. The van der Waals surface area contributed by atoms with Gasteiger partial charge < -0.3 is 10.6 Å². The molecule has 0 spiro atoms. The molecule has 2 unspecified atom stereocenters. The Kier molecular flexibility index (Phi) is 3.08. The van der Waals surface area contributed by atoms with Crippen molar-refractivity contribution >= 4 is 5.91 Å². The predicted octanol–water partition coefficient (Wildman–Crippen LogP) is 2.23. The molecule has 3 nitrogen and oxygen atoms in total. The molecule has 2 atom stereocenters. The fourth-order valence-corrected chi connectivity index (χ4v) is 3.45. The molecule has 1 aromatic rings. The largest absolute Gasteiger partial charge is 0.331 e. The Morgan fingerprint density at radius 2 is 1.78 bits per heavy atom. The minimum atomic E-state index is -0.0551. The molecule has 96 valence electrons. The number of hydrogen-bond acceptors (Lipinski definition) is 2. The Balaban J connectivity index is 1.91. The van der Waals surface area contributed by atoms with Crippen LogP contribution in [0.5, 0.6) is 0 Å². The van der Waals surface area contributed by atoms with Crippen LogP contribution >= 0.6 is 0 Å². The van der Waals surface area contributed by atoms with E-state index in [9.17, 15) is 4.79 Å². The SMILES string of the molecule is NC1CC(=O)N(C2CCCC2)C1c1ccccc1. The quantitative estimate of drug-likeness (QED) is 0.867. The lowest BCUT2D eigenvalue weighted by molar-refractivity contribution is -0.131. The molecule has 2 N–H and O–H groups in total. The van der Waals surface area contributed by atoms with Crippen molar-refractivity contribution < 1.29 is 4.79 Å². The summed E-state index contributed by atoms with van der Waals surface area (Å²) in [6.07, 6.45) is 5.26. The van der Waals surface area contributed by atoms with E-state index in [1.165, 1.54) is 18.4 Å². The molecule has 1 aliphatic carbocycles. The van der Waals surface area contributed by atoms with Crippen LogP contribution < -0.4 is 5.73 Å². The number of nitrogens with two attached hydrogens (primary N) is 1. The van der Waals surface area contributed by atoms with E-state index < -0.39 is 0 Å². The molecule has 1 saturated carbocycles. The molecule has 1 heterocycles. The van der Waals surface area contributed by atoms with Gasteiger partial charge in [0.1, 0.15) is 0 Å². The van der Waals surface area contributed by atoms with Crippen LogP contribution in [0.3, 0.4) is 0 Å². The zero-order valence-corrected chi connectivity index (χ0v) is 10.6. The summed E-state index contributed by atoms with van der Waals surface area (Å²) in [6.45, 7) is 0. The lowest BCUT2D eigenvalue weighted by Gasteiger charge is -2.32. The number of hydrogen-bond donors (Lipinski definition) is 1. The normalized spacial score (nSPS) is 29.2. The average Bonchev–Trinajstić information content (AvgIpc) is 2.97. The highest BCUT2D eigenvalue weighted by atomic mass is 16.2. The number of amides is 1. The number of rotatable bonds is 2. The molecule has 0 bridgehead atoms. The van der Waals surface area contributed by atoms with Crippen LogP contribution in [0, 0.1) is 0 Å². The van der Waals surface area contributed by atoms with Crippen LogP contribution in [0.15, 0.2) is 30.3 Å². The van der Waals surface area contributed by atoms with Crippen LogP contribution in [0.2, 0.25) is 0 Å². The first-order valence-corrected chi connectivity index (χ1v) is 6.89. The van der Waals surface area contributed by atoms with Gasteiger partial charge in [0.15, 0.2) is 0 Å². The first-order chi connectivity index (χ1) is 8.77. The second-order valence-corrected chi connectivity index (χ2v) is 5.46. The van der Waals surface area contributed by atoms with Gasteiger partial charge in [-0.15, -0.1) is 0 Å². The standard InChI is InChI=1S/C15H20N2O/c16-13-10-14(18)17(12-8-4-5-9-12)15(13)11-6-2-1-3-7-11/h1-3,6-7,12-13,15H,4-5,8-10,16H2. The van der Waals surface area contributed by atoms with E-state index in [0.717, 1.165) is 12.8 Å². The summed E-state index contributed by atoms with van der Waals surface area (Å²) in [5.74, 6) is 0.239. The molecule has 0 radical (unpaired) electrons. The van der Waals surface area contributed by atoms with Gasteiger partial charge in [-0.25, -0.2) is 0 Å². The molecule has 1 aromatic carbocycles. The molecular formula is C15H20N2O. The topological polar surface area (TPSA) is 46.3 Å². The number of carbonyl (C=O) groups is 1. The van der Waals surface area contributed by atoms with Gasteiger partial charge in [0.2, 0.25) is 5.91 Å². The molecule has 0 aromatic heterocycles. The molecule has 3 rings (SSSR count). The summed E-state index contributed by atoms with van der Waals surface area (Å²) in [4.78, 5) is 14.3. The minimum absolute atomic E-state index is 0.0551. The maximum atomic E-state index is 12.2. The Bertz CT molecular complexity index is 425. The van der Waals surface area contributed by atoms with E-state index in [4.69, 9.17) is 5.73 Å². The number of nitrogens with zero attached hydrogens (tertiary/aromatic N) is 1. The number of likely N-dealkylation sites (tertiary alicyclic amines) is 1. The van der Waals surface area contributed by atoms with Crippen molar-refractivity contribution in [1.29, 1.82) is 0 Å². The van der Waals surface area contributed by atoms with Crippen molar-refractivity contribution in [2.45, 2.75) is 50.2 Å². The Morgan fingerprint density at radius 3 is 2.44 bits per heavy atom. The van der Waals surface area contributed by atoms with Crippen molar-refractivity contribution in [1.82, 2.24) is 4.90 Å². The van der Waals surface area contributed by atoms with Crippen LogP contribution in [0.25, 0.3) is 0 Å². The van der Waals surface area contributed by atoms with E-state index in [1.807, 2.05) is 18.2 Å². The Labute approximate surface area is 108 Å². The second kappa shape index (κ2) is 4.73. The number of carbonyl (C=O) groups excluding carboxylic acids is 1. The van der Waals surface area contributed by atoms with Crippen molar-refractivity contribution in [3.8, 4) is 0 Å². The third-order valence-corrected chi connectivity index (χ3v) is 4.26. The fourth-order valence-electron chi connectivity index (χ4n) is 3.45. The number of benzene rings is 1. The monoisotopic (exact) mass is 244 g/mol. The molecular weight excluding hydrogens is 224 g/mol. The van der Waals surface area contributed by atoms with E-state index in [-0.39, 0.29) is 18.0 Å². The highest BCUT2D eigenvalue weighted by Crippen LogP contribution is 2.38.